The first-order chi connectivity index (χ1) is 13.3. The summed E-state index contributed by atoms with van der Waals surface area (Å²) in [6.07, 6.45) is 1.40. The van der Waals surface area contributed by atoms with Gasteiger partial charge in [-0.3, -0.25) is 14.2 Å². The molecule has 0 unspecified atom stereocenters. The zero-order valence-corrected chi connectivity index (χ0v) is 17.2. The molecular weight excluding hydrogens is 374 g/mol. The van der Waals surface area contributed by atoms with Gasteiger partial charge in [-0.05, 0) is 41.2 Å². The molecule has 3 rings (SSSR count). The molecule has 1 heterocycles. The number of halogens is 1. The van der Waals surface area contributed by atoms with E-state index in [2.05, 4.69) is 38.0 Å². The fraction of sp³-hybridized carbons (Fsp3) is 0.318. The second kappa shape index (κ2) is 8.15. The molecule has 146 valence electrons. The largest absolute Gasteiger partial charge is 0.324 e. The predicted octanol–water partition coefficient (Wildman–Crippen LogP) is 4.94. The number of hydrogen-bond acceptors (Lipinski definition) is 3. The summed E-state index contributed by atoms with van der Waals surface area (Å²) >= 11 is 5.99. The summed E-state index contributed by atoms with van der Waals surface area (Å²) in [6, 6.07) is 11.0. The second-order valence-corrected chi connectivity index (χ2v) is 7.94. The van der Waals surface area contributed by atoms with Gasteiger partial charge in [0.1, 0.15) is 6.54 Å². The van der Waals surface area contributed by atoms with E-state index in [1.807, 2.05) is 18.2 Å². The first-order valence-corrected chi connectivity index (χ1v) is 9.73. The van der Waals surface area contributed by atoms with Crippen LogP contribution in [0.1, 0.15) is 50.7 Å². The first-order valence-electron chi connectivity index (χ1n) is 9.35. The third kappa shape index (κ3) is 4.09. The molecular formula is C22H24ClN3O2. The summed E-state index contributed by atoms with van der Waals surface area (Å²) in [4.78, 5) is 29.7. The van der Waals surface area contributed by atoms with Crippen LogP contribution in [0.5, 0.6) is 0 Å². The van der Waals surface area contributed by atoms with Crippen LogP contribution in [0.3, 0.4) is 0 Å². The number of anilines is 1. The van der Waals surface area contributed by atoms with Crippen LogP contribution >= 0.6 is 11.6 Å². The molecule has 1 aromatic heterocycles. The monoisotopic (exact) mass is 397 g/mol. The van der Waals surface area contributed by atoms with E-state index >= 15 is 0 Å². The Kier molecular flexibility index (Phi) is 5.84. The number of nitrogens with one attached hydrogen (secondary N) is 1. The van der Waals surface area contributed by atoms with Crippen molar-refractivity contribution in [2.45, 2.75) is 46.1 Å². The molecule has 0 fully saturated rings. The number of nitrogens with zero attached hydrogens (tertiary/aromatic N) is 2. The highest BCUT2D eigenvalue weighted by molar-refractivity contribution is 6.31. The highest BCUT2D eigenvalue weighted by atomic mass is 35.5. The van der Waals surface area contributed by atoms with Crippen LogP contribution in [0, 0.1) is 0 Å². The van der Waals surface area contributed by atoms with Gasteiger partial charge in [-0.1, -0.05) is 57.5 Å². The number of carbonyl (C=O) groups excluding carboxylic acids is 1. The van der Waals surface area contributed by atoms with Crippen LogP contribution in [0.25, 0.3) is 10.9 Å². The Labute approximate surface area is 169 Å². The number of hydrogen-bond donors (Lipinski definition) is 1. The number of benzene rings is 2. The topological polar surface area (TPSA) is 64.0 Å². The van der Waals surface area contributed by atoms with Crippen molar-refractivity contribution in [1.82, 2.24) is 9.55 Å². The van der Waals surface area contributed by atoms with Crippen molar-refractivity contribution in [1.29, 1.82) is 0 Å². The molecule has 1 N–H and O–H groups in total. The van der Waals surface area contributed by atoms with Gasteiger partial charge in [-0.25, -0.2) is 4.98 Å². The second-order valence-electron chi connectivity index (χ2n) is 7.51. The van der Waals surface area contributed by atoms with E-state index in [1.165, 1.54) is 10.9 Å². The van der Waals surface area contributed by atoms with Crippen LogP contribution in [-0.4, -0.2) is 15.5 Å². The highest BCUT2D eigenvalue weighted by Crippen LogP contribution is 2.32. The molecule has 5 nitrogen and oxygen atoms in total. The lowest BCUT2D eigenvalue weighted by Gasteiger charge is -2.20. The molecule has 0 aliphatic heterocycles. The Morgan fingerprint density at radius 2 is 1.75 bits per heavy atom. The minimum absolute atomic E-state index is 0.113. The molecule has 0 spiro atoms. The quantitative estimate of drug-likeness (QED) is 0.663. The van der Waals surface area contributed by atoms with E-state index in [9.17, 15) is 9.59 Å². The third-order valence-electron chi connectivity index (χ3n) is 4.74. The molecule has 0 bridgehead atoms. The van der Waals surface area contributed by atoms with E-state index in [4.69, 9.17) is 11.6 Å². The summed E-state index contributed by atoms with van der Waals surface area (Å²) in [6.45, 7) is 8.26. The SMILES string of the molecule is CC(C)c1cccc(C(C)C)c1NC(=O)Cn1cnc2ccc(Cl)cc2c1=O. The van der Waals surface area contributed by atoms with Crippen molar-refractivity contribution in [3.05, 3.63) is 69.2 Å². The lowest BCUT2D eigenvalue weighted by Crippen LogP contribution is -2.28. The van der Waals surface area contributed by atoms with E-state index < -0.39 is 0 Å². The molecule has 28 heavy (non-hydrogen) atoms. The smallest absolute Gasteiger partial charge is 0.261 e. The van der Waals surface area contributed by atoms with Gasteiger partial charge in [0, 0.05) is 10.7 Å². The molecule has 0 atom stereocenters. The molecule has 0 aliphatic carbocycles. The van der Waals surface area contributed by atoms with Gasteiger partial charge in [0.2, 0.25) is 5.91 Å². The third-order valence-corrected chi connectivity index (χ3v) is 4.97. The minimum Gasteiger partial charge on any atom is -0.324 e. The van der Waals surface area contributed by atoms with Gasteiger partial charge in [-0.15, -0.1) is 0 Å². The lowest BCUT2D eigenvalue weighted by molar-refractivity contribution is -0.116. The van der Waals surface area contributed by atoms with Crippen molar-refractivity contribution in [2.75, 3.05) is 5.32 Å². The summed E-state index contributed by atoms with van der Waals surface area (Å²) in [7, 11) is 0. The molecule has 0 saturated carbocycles. The fourth-order valence-corrected chi connectivity index (χ4v) is 3.44. The average Bonchev–Trinajstić information content (AvgIpc) is 2.64. The number of carbonyl (C=O) groups is 1. The Bertz CT molecular complexity index is 1060. The molecule has 0 radical (unpaired) electrons. The molecule has 6 heteroatoms. The van der Waals surface area contributed by atoms with Crippen LogP contribution in [0.4, 0.5) is 5.69 Å². The highest BCUT2D eigenvalue weighted by Gasteiger charge is 2.17. The Hall–Kier alpha value is -2.66. The maximum Gasteiger partial charge on any atom is 0.261 e. The fourth-order valence-electron chi connectivity index (χ4n) is 3.27. The van der Waals surface area contributed by atoms with Crippen LogP contribution in [0.15, 0.2) is 47.5 Å². The minimum atomic E-state index is -0.288. The van der Waals surface area contributed by atoms with Crippen molar-refractivity contribution in [3.8, 4) is 0 Å². The normalized spacial score (nSPS) is 11.4. The zero-order chi connectivity index (χ0) is 20.4. The Morgan fingerprint density at radius 3 is 2.36 bits per heavy atom. The Morgan fingerprint density at radius 1 is 1.11 bits per heavy atom. The zero-order valence-electron chi connectivity index (χ0n) is 16.5. The maximum atomic E-state index is 12.8. The predicted molar refractivity (Wildman–Crippen MR) is 114 cm³/mol. The average molecular weight is 398 g/mol. The van der Waals surface area contributed by atoms with Crippen LogP contribution in [0.2, 0.25) is 5.02 Å². The van der Waals surface area contributed by atoms with Crippen LogP contribution in [-0.2, 0) is 11.3 Å². The summed E-state index contributed by atoms with van der Waals surface area (Å²) in [5.74, 6) is 0.266. The van der Waals surface area contributed by atoms with Crippen molar-refractivity contribution < 1.29 is 4.79 Å². The van der Waals surface area contributed by atoms with Gasteiger partial charge in [-0.2, -0.15) is 0 Å². The Balaban J connectivity index is 1.92. The number of amides is 1. The van der Waals surface area contributed by atoms with Gasteiger partial charge in [0.05, 0.1) is 17.2 Å². The van der Waals surface area contributed by atoms with E-state index in [1.54, 1.807) is 18.2 Å². The maximum absolute atomic E-state index is 12.8. The van der Waals surface area contributed by atoms with E-state index in [-0.39, 0.29) is 29.8 Å². The molecule has 0 saturated heterocycles. The summed E-state index contributed by atoms with van der Waals surface area (Å²) < 4.78 is 1.31. The van der Waals surface area contributed by atoms with Gasteiger partial charge in [0.25, 0.3) is 5.56 Å². The standard InChI is InChI=1S/C22H24ClN3O2/c1-13(2)16-6-5-7-17(14(3)4)21(16)25-20(27)11-26-12-24-19-9-8-15(23)10-18(19)22(26)28/h5-10,12-14H,11H2,1-4H3,(H,25,27). The molecule has 1 amide bonds. The summed E-state index contributed by atoms with van der Waals surface area (Å²) in [5.41, 5.74) is 3.26. The lowest BCUT2D eigenvalue weighted by atomic mass is 9.92. The van der Waals surface area contributed by atoms with Crippen molar-refractivity contribution >= 4 is 34.1 Å². The number of aromatic nitrogens is 2. The first kappa shape index (κ1) is 20.1. The van der Waals surface area contributed by atoms with Crippen molar-refractivity contribution in [3.63, 3.8) is 0 Å². The van der Waals surface area contributed by atoms with Crippen molar-refractivity contribution in [2.24, 2.45) is 0 Å². The molecule has 0 aliphatic rings. The van der Waals surface area contributed by atoms with Gasteiger partial charge >= 0.3 is 0 Å². The summed E-state index contributed by atoms with van der Waals surface area (Å²) in [5, 5.41) is 3.88. The number of para-hydroxylation sites is 1. The molecule has 2 aromatic carbocycles. The van der Waals surface area contributed by atoms with Crippen LogP contribution < -0.4 is 10.9 Å². The van der Waals surface area contributed by atoms with E-state index in [0.29, 0.717) is 15.9 Å². The van der Waals surface area contributed by atoms with Gasteiger partial charge < -0.3 is 5.32 Å². The van der Waals surface area contributed by atoms with Gasteiger partial charge in [0.15, 0.2) is 0 Å². The van der Waals surface area contributed by atoms with E-state index in [0.717, 1.165) is 16.8 Å². The number of fused-ring (bicyclic) bond motifs is 1. The molecule has 3 aromatic rings. The number of rotatable bonds is 5.